The third kappa shape index (κ3) is 3.41. The van der Waals surface area contributed by atoms with Crippen molar-refractivity contribution >= 4 is 11.9 Å². The van der Waals surface area contributed by atoms with E-state index in [1.165, 1.54) is 10.9 Å². The van der Waals surface area contributed by atoms with Gasteiger partial charge in [-0.15, -0.1) is 0 Å². The predicted molar refractivity (Wildman–Crippen MR) is 83.2 cm³/mol. The molecular weight excluding hydrogens is 298 g/mol. The highest BCUT2D eigenvalue weighted by Gasteiger charge is 2.25. The van der Waals surface area contributed by atoms with Crippen molar-refractivity contribution in [2.75, 3.05) is 6.54 Å². The van der Waals surface area contributed by atoms with E-state index in [9.17, 15) is 14.7 Å². The Bertz CT molecular complexity index is 732. The maximum absolute atomic E-state index is 12.7. The number of carboxylic acid groups (broad SMARTS) is 1. The van der Waals surface area contributed by atoms with E-state index in [2.05, 4.69) is 10.2 Å². The van der Waals surface area contributed by atoms with Gasteiger partial charge in [-0.2, -0.15) is 10.2 Å². The molecule has 0 unspecified atom stereocenters. The van der Waals surface area contributed by atoms with Gasteiger partial charge in [0.25, 0.3) is 5.91 Å². The zero-order chi connectivity index (χ0) is 17.1. The van der Waals surface area contributed by atoms with Gasteiger partial charge in [0.15, 0.2) is 5.69 Å². The number of hydrogen-bond donors (Lipinski definition) is 1. The van der Waals surface area contributed by atoms with E-state index in [0.717, 1.165) is 17.8 Å². The van der Waals surface area contributed by atoms with Gasteiger partial charge in [-0.3, -0.25) is 14.2 Å². The Labute approximate surface area is 134 Å². The van der Waals surface area contributed by atoms with Crippen molar-refractivity contribution in [1.82, 2.24) is 24.5 Å². The maximum atomic E-state index is 12.7. The van der Waals surface area contributed by atoms with Gasteiger partial charge in [0.1, 0.15) is 0 Å². The number of aryl methyl sites for hydroxylation is 3. The van der Waals surface area contributed by atoms with Crippen LogP contribution in [0.4, 0.5) is 0 Å². The Morgan fingerprint density at radius 1 is 1.26 bits per heavy atom. The zero-order valence-corrected chi connectivity index (χ0v) is 13.8. The van der Waals surface area contributed by atoms with E-state index in [-0.39, 0.29) is 17.2 Å². The summed E-state index contributed by atoms with van der Waals surface area (Å²) < 4.78 is 3.15. The normalized spacial score (nSPS) is 10.8. The number of nitrogens with zero attached hydrogens (tertiary/aromatic N) is 5. The monoisotopic (exact) mass is 319 g/mol. The van der Waals surface area contributed by atoms with Crippen LogP contribution in [0.25, 0.3) is 0 Å². The van der Waals surface area contributed by atoms with Crippen molar-refractivity contribution in [1.29, 1.82) is 0 Å². The molecule has 124 valence electrons. The van der Waals surface area contributed by atoms with Crippen LogP contribution in [0.1, 0.15) is 46.0 Å². The van der Waals surface area contributed by atoms with Gasteiger partial charge in [0.2, 0.25) is 0 Å². The molecule has 2 rings (SSSR count). The number of amides is 1. The number of aromatic nitrogens is 4. The van der Waals surface area contributed by atoms with Crippen molar-refractivity contribution in [3.63, 3.8) is 0 Å². The maximum Gasteiger partial charge on any atom is 0.357 e. The summed E-state index contributed by atoms with van der Waals surface area (Å²) in [6.07, 6.45) is 3.35. The molecular formula is C15H21N5O3. The van der Waals surface area contributed by atoms with E-state index in [1.54, 1.807) is 11.9 Å². The first-order valence-electron chi connectivity index (χ1n) is 7.46. The molecule has 0 saturated heterocycles. The second-order valence-electron chi connectivity index (χ2n) is 5.28. The smallest absolute Gasteiger partial charge is 0.357 e. The summed E-state index contributed by atoms with van der Waals surface area (Å²) in [7, 11) is 1.59. The highest BCUT2D eigenvalue weighted by Crippen LogP contribution is 2.15. The van der Waals surface area contributed by atoms with Gasteiger partial charge < -0.3 is 10.0 Å². The molecule has 8 nitrogen and oxygen atoms in total. The van der Waals surface area contributed by atoms with Crippen LogP contribution in [0.2, 0.25) is 0 Å². The molecule has 0 aliphatic rings. The molecule has 23 heavy (non-hydrogen) atoms. The van der Waals surface area contributed by atoms with E-state index >= 15 is 0 Å². The summed E-state index contributed by atoms with van der Waals surface area (Å²) in [6, 6.07) is 0. The number of carbonyl (C=O) groups is 2. The average Bonchev–Trinajstić information content (AvgIpc) is 3.07. The lowest BCUT2D eigenvalue weighted by Crippen LogP contribution is -2.31. The van der Waals surface area contributed by atoms with Gasteiger partial charge in [-0.1, -0.05) is 0 Å². The minimum atomic E-state index is -1.21. The summed E-state index contributed by atoms with van der Waals surface area (Å²) in [5.41, 5.74) is 1.69. The Hall–Kier alpha value is -2.64. The lowest BCUT2D eigenvalue weighted by atomic mass is 10.2. The van der Waals surface area contributed by atoms with Gasteiger partial charge in [0, 0.05) is 44.6 Å². The molecule has 0 aliphatic heterocycles. The third-order valence-corrected chi connectivity index (χ3v) is 3.66. The summed E-state index contributed by atoms with van der Waals surface area (Å²) in [5, 5.41) is 17.4. The van der Waals surface area contributed by atoms with Gasteiger partial charge in [0.05, 0.1) is 11.3 Å². The number of aromatic carboxylic acids is 1. The molecule has 1 N–H and O–H groups in total. The van der Waals surface area contributed by atoms with Crippen LogP contribution in [0.5, 0.6) is 0 Å². The molecule has 0 atom stereocenters. The molecule has 0 fully saturated rings. The second-order valence-corrected chi connectivity index (χ2v) is 5.28. The molecule has 0 aromatic carbocycles. The third-order valence-electron chi connectivity index (χ3n) is 3.66. The molecule has 1 amide bonds. The van der Waals surface area contributed by atoms with Crippen LogP contribution < -0.4 is 0 Å². The van der Waals surface area contributed by atoms with Crippen molar-refractivity contribution in [2.45, 2.75) is 33.9 Å². The first kappa shape index (κ1) is 16.7. The Balaban J connectivity index is 2.28. The Kier molecular flexibility index (Phi) is 4.83. The molecule has 2 aromatic rings. The minimum absolute atomic E-state index is 0.0994. The average molecular weight is 319 g/mol. The number of carbonyl (C=O) groups excluding carboxylic acids is 1. The van der Waals surface area contributed by atoms with Gasteiger partial charge >= 0.3 is 5.97 Å². The lowest BCUT2D eigenvalue weighted by molar-refractivity contribution is 0.0669. The van der Waals surface area contributed by atoms with Gasteiger partial charge in [-0.25, -0.2) is 4.79 Å². The quantitative estimate of drug-likeness (QED) is 0.866. The van der Waals surface area contributed by atoms with Crippen molar-refractivity contribution in [3.05, 3.63) is 34.9 Å². The number of rotatable bonds is 6. The minimum Gasteiger partial charge on any atom is -0.476 e. The van der Waals surface area contributed by atoms with Crippen LogP contribution in [0.15, 0.2) is 12.4 Å². The topological polar surface area (TPSA) is 93.3 Å². The summed E-state index contributed by atoms with van der Waals surface area (Å²) >= 11 is 0. The molecule has 2 aromatic heterocycles. The Morgan fingerprint density at radius 3 is 2.48 bits per heavy atom. The Morgan fingerprint density at radius 2 is 1.96 bits per heavy atom. The second kappa shape index (κ2) is 6.64. The molecule has 8 heteroatoms. The first-order valence-corrected chi connectivity index (χ1v) is 7.46. The van der Waals surface area contributed by atoms with Crippen molar-refractivity contribution < 1.29 is 14.7 Å². The van der Waals surface area contributed by atoms with Crippen LogP contribution in [-0.2, 0) is 20.1 Å². The fourth-order valence-corrected chi connectivity index (χ4v) is 2.38. The SMILES string of the molecule is CCN(Cc1cn(CC)nc1C)C(=O)c1cn(C)nc1C(=O)O. The summed E-state index contributed by atoms with van der Waals surface area (Å²) in [4.78, 5) is 25.5. The van der Waals surface area contributed by atoms with E-state index in [0.29, 0.717) is 13.1 Å². The highest BCUT2D eigenvalue weighted by atomic mass is 16.4. The zero-order valence-electron chi connectivity index (χ0n) is 13.8. The van der Waals surface area contributed by atoms with Crippen LogP contribution >= 0.6 is 0 Å². The lowest BCUT2D eigenvalue weighted by Gasteiger charge is -2.20. The molecule has 0 aliphatic carbocycles. The van der Waals surface area contributed by atoms with E-state index < -0.39 is 5.97 Å². The van der Waals surface area contributed by atoms with Crippen LogP contribution in [-0.4, -0.2) is 48.0 Å². The fourth-order valence-electron chi connectivity index (χ4n) is 2.38. The molecule has 0 saturated carbocycles. The molecule has 0 bridgehead atoms. The van der Waals surface area contributed by atoms with Crippen molar-refractivity contribution in [3.8, 4) is 0 Å². The first-order chi connectivity index (χ1) is 10.9. The fraction of sp³-hybridized carbons (Fsp3) is 0.467. The molecule has 0 spiro atoms. The largest absolute Gasteiger partial charge is 0.476 e. The van der Waals surface area contributed by atoms with Crippen LogP contribution in [0.3, 0.4) is 0 Å². The van der Waals surface area contributed by atoms with E-state index in [4.69, 9.17) is 0 Å². The molecule has 0 radical (unpaired) electrons. The van der Waals surface area contributed by atoms with E-state index in [1.807, 2.05) is 31.6 Å². The highest BCUT2D eigenvalue weighted by molar-refractivity contribution is 6.03. The number of hydrogen-bond acceptors (Lipinski definition) is 4. The number of carboxylic acids is 1. The van der Waals surface area contributed by atoms with Gasteiger partial charge in [-0.05, 0) is 20.8 Å². The molecule has 2 heterocycles. The summed E-state index contributed by atoms with van der Waals surface area (Å²) in [5.74, 6) is -1.55. The summed E-state index contributed by atoms with van der Waals surface area (Å²) in [6.45, 7) is 7.35. The van der Waals surface area contributed by atoms with Crippen molar-refractivity contribution in [2.24, 2.45) is 7.05 Å². The predicted octanol–water partition coefficient (Wildman–Crippen LogP) is 1.31. The standard InChI is InChI=1S/C15H21N5O3/c1-5-19(7-11-8-20(6-2)16-10(11)3)14(21)12-9-18(4)17-13(12)15(22)23/h8-9H,5-7H2,1-4H3,(H,22,23). The van der Waals surface area contributed by atoms with Crippen LogP contribution in [0, 0.1) is 6.92 Å².